The Kier molecular flexibility index (Phi) is 5.57. The maximum Gasteiger partial charge on any atom is 0.264 e. The largest absolute Gasteiger partial charge is 0.337 e. The molecule has 2 aliphatic rings. The normalized spacial score (nSPS) is 18.8. The second kappa shape index (κ2) is 8.48. The van der Waals surface area contributed by atoms with Crippen LogP contribution in [0.4, 0.5) is 0 Å². The van der Waals surface area contributed by atoms with Crippen LogP contribution >= 0.6 is 22.9 Å². The zero-order valence-corrected chi connectivity index (χ0v) is 18.4. The Hall–Kier alpha value is -2.24. The van der Waals surface area contributed by atoms with Crippen molar-refractivity contribution in [3.8, 4) is 11.1 Å². The molecule has 3 aromatic rings. The first-order chi connectivity index (χ1) is 14.7. The minimum absolute atomic E-state index is 0.188. The summed E-state index contributed by atoms with van der Waals surface area (Å²) in [5, 5.41) is 2.89. The third-order valence-corrected chi connectivity index (χ3v) is 7.69. The quantitative estimate of drug-likeness (QED) is 0.523. The molecule has 154 valence electrons. The van der Waals surface area contributed by atoms with Crippen molar-refractivity contribution in [2.45, 2.75) is 44.4 Å². The summed E-state index contributed by atoms with van der Waals surface area (Å²) >= 11 is 8.10. The van der Waals surface area contributed by atoms with Crippen molar-refractivity contribution < 1.29 is 4.79 Å². The van der Waals surface area contributed by atoms with Gasteiger partial charge in [0.25, 0.3) is 5.91 Å². The zero-order valence-electron chi connectivity index (χ0n) is 16.8. The molecule has 1 aliphatic carbocycles. The lowest BCUT2D eigenvalue weighted by Gasteiger charge is -2.33. The molecule has 1 amide bonds. The van der Waals surface area contributed by atoms with Crippen molar-refractivity contribution in [2.24, 2.45) is 0 Å². The summed E-state index contributed by atoms with van der Waals surface area (Å²) in [6, 6.07) is 7.81. The Balaban J connectivity index is 1.42. The molecule has 4 nitrogen and oxygen atoms in total. The van der Waals surface area contributed by atoms with Gasteiger partial charge in [-0.2, -0.15) is 0 Å². The lowest BCUT2D eigenvalue weighted by Crippen LogP contribution is -2.39. The molecule has 30 heavy (non-hydrogen) atoms. The van der Waals surface area contributed by atoms with E-state index in [9.17, 15) is 4.79 Å². The van der Waals surface area contributed by atoms with Gasteiger partial charge in [0.15, 0.2) is 0 Å². The second-order valence-electron chi connectivity index (χ2n) is 8.17. The lowest BCUT2D eigenvalue weighted by molar-refractivity contribution is 0.0709. The molecule has 0 N–H and O–H groups in total. The smallest absolute Gasteiger partial charge is 0.264 e. The van der Waals surface area contributed by atoms with E-state index in [1.165, 1.54) is 24.0 Å². The molecular weight excluding hydrogens is 414 g/mol. The highest BCUT2D eigenvalue weighted by Crippen LogP contribution is 2.37. The number of fused-ring (bicyclic) bond motifs is 1. The molecule has 1 saturated heterocycles. The number of thiophene rings is 1. The van der Waals surface area contributed by atoms with Crippen LogP contribution in [0.3, 0.4) is 0 Å². The monoisotopic (exact) mass is 437 g/mol. The first kappa shape index (κ1) is 19.7. The van der Waals surface area contributed by atoms with E-state index < -0.39 is 0 Å². The predicted molar refractivity (Wildman–Crippen MR) is 121 cm³/mol. The number of rotatable bonds is 3. The molecule has 1 atom stereocenters. The Labute approximate surface area is 185 Å². The maximum absolute atomic E-state index is 13.4. The Morgan fingerprint density at radius 3 is 2.90 bits per heavy atom. The van der Waals surface area contributed by atoms with Gasteiger partial charge in [-0.05, 0) is 61.1 Å². The van der Waals surface area contributed by atoms with Crippen molar-refractivity contribution >= 4 is 28.8 Å². The highest BCUT2D eigenvalue weighted by Gasteiger charge is 2.31. The van der Waals surface area contributed by atoms with Gasteiger partial charge < -0.3 is 4.90 Å². The average Bonchev–Trinajstić information content (AvgIpc) is 3.23. The van der Waals surface area contributed by atoms with Gasteiger partial charge in [0.2, 0.25) is 0 Å². The molecule has 0 saturated carbocycles. The van der Waals surface area contributed by atoms with E-state index in [0.29, 0.717) is 11.6 Å². The van der Waals surface area contributed by atoms with Crippen molar-refractivity contribution in [1.82, 2.24) is 14.9 Å². The number of halogens is 1. The lowest BCUT2D eigenvalue weighted by atomic mass is 9.89. The van der Waals surface area contributed by atoms with E-state index in [-0.39, 0.29) is 11.8 Å². The molecule has 6 heteroatoms. The molecule has 1 aliphatic heterocycles. The molecule has 0 radical (unpaired) electrons. The standard InChI is InChI=1S/C24H24ClN3OS/c25-21-10-4-3-9-19(21)20-12-26-15-27-22(20)16-7-5-11-28(13-16)24(29)23-18-8-2-1-6-17(18)14-30-23/h3-4,9-10,12,14-16H,1-2,5-8,11,13H2/t16-/m1/s1. The molecule has 1 aromatic carbocycles. The van der Waals surface area contributed by atoms with Gasteiger partial charge >= 0.3 is 0 Å². The van der Waals surface area contributed by atoms with Crippen LogP contribution in [0.15, 0.2) is 42.2 Å². The Bertz CT molecular complexity index is 1080. The number of piperidine rings is 1. The van der Waals surface area contributed by atoms with E-state index in [2.05, 4.69) is 15.3 Å². The summed E-state index contributed by atoms with van der Waals surface area (Å²) in [5.41, 5.74) is 5.60. The van der Waals surface area contributed by atoms with Crippen LogP contribution in [0, 0.1) is 0 Å². The molecular formula is C24H24ClN3OS. The van der Waals surface area contributed by atoms with Crippen LogP contribution in [0.1, 0.15) is 58.1 Å². The van der Waals surface area contributed by atoms with Gasteiger partial charge in [0.05, 0.1) is 10.6 Å². The fraction of sp³-hybridized carbons (Fsp3) is 0.375. The highest BCUT2D eigenvalue weighted by molar-refractivity contribution is 7.12. The third kappa shape index (κ3) is 3.65. The number of aryl methyl sites for hydroxylation is 1. The van der Waals surface area contributed by atoms with Crippen molar-refractivity contribution in [2.75, 3.05) is 13.1 Å². The zero-order chi connectivity index (χ0) is 20.5. The van der Waals surface area contributed by atoms with Crippen molar-refractivity contribution in [3.63, 3.8) is 0 Å². The van der Waals surface area contributed by atoms with Gasteiger partial charge in [0, 0.05) is 41.4 Å². The van der Waals surface area contributed by atoms with Crippen molar-refractivity contribution in [1.29, 1.82) is 0 Å². The minimum Gasteiger partial charge on any atom is -0.337 e. The summed E-state index contributed by atoms with van der Waals surface area (Å²) in [4.78, 5) is 25.3. The van der Waals surface area contributed by atoms with Gasteiger partial charge in [-0.1, -0.05) is 29.8 Å². The van der Waals surface area contributed by atoms with E-state index in [1.54, 1.807) is 17.7 Å². The van der Waals surface area contributed by atoms with Crippen LogP contribution in [0.5, 0.6) is 0 Å². The number of carbonyl (C=O) groups is 1. The van der Waals surface area contributed by atoms with Gasteiger partial charge in [-0.25, -0.2) is 9.97 Å². The summed E-state index contributed by atoms with van der Waals surface area (Å²) in [6.45, 7) is 1.51. The number of hydrogen-bond donors (Lipinski definition) is 0. The van der Waals surface area contributed by atoms with Gasteiger partial charge in [-0.15, -0.1) is 11.3 Å². The van der Waals surface area contributed by atoms with E-state index >= 15 is 0 Å². The number of aromatic nitrogens is 2. The molecule has 3 heterocycles. The third-order valence-electron chi connectivity index (χ3n) is 6.30. The maximum atomic E-state index is 13.4. The van der Waals surface area contributed by atoms with Crippen molar-refractivity contribution in [3.05, 3.63) is 68.9 Å². The Morgan fingerprint density at radius 1 is 1.13 bits per heavy atom. The summed E-state index contributed by atoms with van der Waals surface area (Å²) in [5.74, 6) is 0.383. The molecule has 5 rings (SSSR count). The number of benzene rings is 1. The molecule has 0 spiro atoms. The highest BCUT2D eigenvalue weighted by atomic mass is 35.5. The molecule has 0 unspecified atom stereocenters. The fourth-order valence-corrected chi connectivity index (χ4v) is 6.14. The average molecular weight is 438 g/mol. The summed E-state index contributed by atoms with van der Waals surface area (Å²) < 4.78 is 0. The Morgan fingerprint density at radius 2 is 2.00 bits per heavy atom. The SMILES string of the molecule is O=C(c1scc2c1CCCC2)N1CCC[C@@H](c2ncncc2-c2ccccc2Cl)C1. The number of amides is 1. The van der Waals surface area contributed by atoms with Gasteiger partial charge in [0.1, 0.15) is 6.33 Å². The molecule has 2 aromatic heterocycles. The second-order valence-corrected chi connectivity index (χ2v) is 9.45. The topological polar surface area (TPSA) is 46.1 Å². The van der Waals surface area contributed by atoms with Crippen LogP contribution in [-0.4, -0.2) is 33.9 Å². The summed E-state index contributed by atoms with van der Waals surface area (Å²) in [7, 11) is 0. The number of nitrogens with zero attached hydrogens (tertiary/aromatic N) is 3. The van der Waals surface area contributed by atoms with E-state index in [4.69, 9.17) is 11.6 Å². The van der Waals surface area contributed by atoms with E-state index in [0.717, 1.165) is 53.9 Å². The van der Waals surface area contributed by atoms with E-state index in [1.807, 2.05) is 35.4 Å². The first-order valence-corrected chi connectivity index (χ1v) is 11.9. The fourth-order valence-electron chi connectivity index (χ4n) is 4.78. The predicted octanol–water partition coefficient (Wildman–Crippen LogP) is 5.76. The minimum atomic E-state index is 0.188. The van der Waals surface area contributed by atoms with Crippen LogP contribution in [0.2, 0.25) is 5.02 Å². The first-order valence-electron chi connectivity index (χ1n) is 10.7. The van der Waals surface area contributed by atoms with Crippen LogP contribution < -0.4 is 0 Å². The molecule has 1 fully saturated rings. The van der Waals surface area contributed by atoms with Gasteiger partial charge in [-0.3, -0.25) is 4.79 Å². The molecule has 0 bridgehead atoms. The van der Waals surface area contributed by atoms with Crippen LogP contribution in [-0.2, 0) is 12.8 Å². The number of carbonyl (C=O) groups excluding carboxylic acids is 1. The number of hydrogen-bond acceptors (Lipinski definition) is 4. The summed E-state index contributed by atoms with van der Waals surface area (Å²) in [6.07, 6.45) is 10.0. The number of likely N-dealkylation sites (tertiary alicyclic amines) is 1. The van der Waals surface area contributed by atoms with Crippen LogP contribution in [0.25, 0.3) is 11.1 Å².